The van der Waals surface area contributed by atoms with Crippen LogP contribution in [-0.4, -0.2) is 45.3 Å². The molecule has 142 valence electrons. The Labute approximate surface area is 153 Å². The summed E-state index contributed by atoms with van der Waals surface area (Å²) in [5.41, 5.74) is 1.11. The number of aromatic nitrogens is 1. The second-order valence-electron chi connectivity index (χ2n) is 7.16. The summed E-state index contributed by atoms with van der Waals surface area (Å²) < 4.78 is 2.04. The van der Waals surface area contributed by atoms with Crippen molar-refractivity contribution in [1.29, 1.82) is 0 Å². The van der Waals surface area contributed by atoms with Gasteiger partial charge >= 0.3 is 0 Å². The molecule has 0 radical (unpaired) electrons. The molecule has 5 heteroatoms. The maximum Gasteiger partial charge on any atom is 0.242 e. The first-order valence-corrected chi connectivity index (χ1v) is 9.50. The number of hydrogen-bond donors (Lipinski definition) is 0. The van der Waals surface area contributed by atoms with Crippen LogP contribution in [0.5, 0.6) is 0 Å². The van der Waals surface area contributed by atoms with Gasteiger partial charge in [0, 0.05) is 37.4 Å². The maximum atomic E-state index is 13.0. The fourth-order valence-corrected chi connectivity index (χ4v) is 2.75. The van der Waals surface area contributed by atoms with Gasteiger partial charge in [-0.2, -0.15) is 0 Å². The van der Waals surface area contributed by atoms with Crippen molar-refractivity contribution in [3.63, 3.8) is 0 Å². The largest absolute Gasteiger partial charge is 0.353 e. The van der Waals surface area contributed by atoms with Crippen molar-refractivity contribution >= 4 is 11.8 Å². The quantitative estimate of drug-likeness (QED) is 0.649. The van der Waals surface area contributed by atoms with Crippen molar-refractivity contribution in [3.05, 3.63) is 24.0 Å². The molecule has 2 amide bonds. The molecule has 1 heterocycles. The molecule has 0 saturated carbocycles. The molecule has 1 atom stereocenters. The molecular weight excluding hydrogens is 314 g/mol. The van der Waals surface area contributed by atoms with Crippen LogP contribution >= 0.6 is 0 Å². The molecule has 1 rings (SSSR count). The summed E-state index contributed by atoms with van der Waals surface area (Å²) >= 11 is 0. The van der Waals surface area contributed by atoms with E-state index in [0.717, 1.165) is 31.5 Å². The highest BCUT2D eigenvalue weighted by molar-refractivity contribution is 5.85. The first kappa shape index (κ1) is 21.3. The second-order valence-corrected chi connectivity index (χ2v) is 7.16. The Hall–Kier alpha value is -1.78. The van der Waals surface area contributed by atoms with E-state index in [0.29, 0.717) is 6.54 Å². The minimum Gasteiger partial charge on any atom is -0.353 e. The lowest BCUT2D eigenvalue weighted by Gasteiger charge is -2.32. The van der Waals surface area contributed by atoms with E-state index in [4.69, 9.17) is 0 Å². The van der Waals surface area contributed by atoms with Crippen molar-refractivity contribution in [3.8, 4) is 0 Å². The standard InChI is InChI=1S/C20H35N3O2/c1-7-9-13-22(14-18-11-10-12-21(18)6)19(24)15-23(17(5)8-2)20(25)16(3)4/h10-12,16-17H,7-9,13-15H2,1-6H3/t17-/m0/s1. The zero-order valence-electron chi connectivity index (χ0n) is 16.8. The van der Waals surface area contributed by atoms with E-state index in [1.165, 1.54) is 0 Å². The Morgan fingerprint density at radius 2 is 1.88 bits per heavy atom. The summed E-state index contributed by atoms with van der Waals surface area (Å²) in [7, 11) is 1.99. The second kappa shape index (κ2) is 10.3. The predicted molar refractivity (Wildman–Crippen MR) is 102 cm³/mol. The first-order valence-electron chi connectivity index (χ1n) is 9.50. The monoisotopic (exact) mass is 349 g/mol. The number of amides is 2. The molecule has 1 aromatic rings. The molecule has 0 bridgehead atoms. The van der Waals surface area contributed by atoms with Gasteiger partial charge in [-0.1, -0.05) is 34.1 Å². The molecule has 25 heavy (non-hydrogen) atoms. The third-order valence-corrected chi connectivity index (χ3v) is 4.74. The minimum atomic E-state index is -0.0984. The molecule has 0 saturated heterocycles. The third kappa shape index (κ3) is 6.22. The maximum absolute atomic E-state index is 13.0. The first-order chi connectivity index (χ1) is 11.8. The van der Waals surface area contributed by atoms with Crippen molar-refractivity contribution in [2.75, 3.05) is 13.1 Å². The number of nitrogens with zero attached hydrogens (tertiary/aromatic N) is 3. The summed E-state index contributed by atoms with van der Waals surface area (Å²) in [5, 5.41) is 0. The van der Waals surface area contributed by atoms with Gasteiger partial charge in [-0.3, -0.25) is 9.59 Å². The van der Waals surface area contributed by atoms with Crippen molar-refractivity contribution in [2.45, 2.75) is 66.5 Å². The van der Waals surface area contributed by atoms with Crippen molar-refractivity contribution in [2.24, 2.45) is 13.0 Å². The summed E-state index contributed by atoms with van der Waals surface area (Å²) in [6.07, 6.45) is 4.85. The number of carbonyl (C=O) groups excluding carboxylic acids is 2. The number of hydrogen-bond acceptors (Lipinski definition) is 2. The molecule has 0 unspecified atom stereocenters. The average Bonchev–Trinajstić information content (AvgIpc) is 2.99. The summed E-state index contributed by atoms with van der Waals surface area (Å²) in [6.45, 7) is 11.5. The molecule has 0 spiro atoms. The van der Waals surface area contributed by atoms with Gasteiger partial charge in [0.25, 0.3) is 0 Å². The molecule has 0 aliphatic rings. The van der Waals surface area contributed by atoms with E-state index >= 15 is 0 Å². The molecule has 0 aromatic carbocycles. The highest BCUT2D eigenvalue weighted by Crippen LogP contribution is 2.12. The lowest BCUT2D eigenvalue weighted by atomic mass is 10.1. The van der Waals surface area contributed by atoms with E-state index < -0.39 is 0 Å². The van der Waals surface area contributed by atoms with Crippen LogP contribution in [0.4, 0.5) is 0 Å². The molecule has 5 nitrogen and oxygen atoms in total. The highest BCUT2D eigenvalue weighted by atomic mass is 16.2. The van der Waals surface area contributed by atoms with E-state index in [2.05, 4.69) is 13.8 Å². The zero-order valence-corrected chi connectivity index (χ0v) is 16.8. The van der Waals surface area contributed by atoms with Gasteiger partial charge in [0.1, 0.15) is 6.54 Å². The van der Waals surface area contributed by atoms with Gasteiger partial charge in [-0.05, 0) is 31.9 Å². The fourth-order valence-electron chi connectivity index (χ4n) is 2.75. The van der Waals surface area contributed by atoms with Crippen LogP contribution in [0.2, 0.25) is 0 Å². The molecule has 0 aliphatic heterocycles. The summed E-state index contributed by atoms with van der Waals surface area (Å²) in [5.74, 6) is -0.0141. The molecule has 1 aromatic heterocycles. The number of aryl methyl sites for hydroxylation is 1. The lowest BCUT2D eigenvalue weighted by Crippen LogP contribution is -2.48. The average molecular weight is 350 g/mol. The minimum absolute atomic E-state index is 0.0314. The SMILES string of the molecule is CCCCN(Cc1cccn1C)C(=O)CN(C(=O)C(C)C)[C@@H](C)CC. The van der Waals surface area contributed by atoms with E-state index in [1.807, 2.05) is 55.6 Å². The third-order valence-electron chi connectivity index (χ3n) is 4.74. The smallest absolute Gasteiger partial charge is 0.242 e. The Morgan fingerprint density at radius 3 is 2.36 bits per heavy atom. The number of unbranched alkanes of at least 4 members (excludes halogenated alkanes) is 1. The number of carbonyl (C=O) groups is 2. The fraction of sp³-hybridized carbons (Fsp3) is 0.700. The van der Waals surface area contributed by atoms with Crippen LogP contribution in [0.15, 0.2) is 18.3 Å². The van der Waals surface area contributed by atoms with Crippen LogP contribution < -0.4 is 0 Å². The topological polar surface area (TPSA) is 45.6 Å². The normalized spacial score (nSPS) is 12.3. The van der Waals surface area contributed by atoms with Crippen LogP contribution in [0, 0.1) is 5.92 Å². The molecule has 0 fully saturated rings. The predicted octanol–water partition coefficient (Wildman–Crippen LogP) is 3.44. The van der Waals surface area contributed by atoms with Crippen LogP contribution in [0.1, 0.15) is 59.6 Å². The van der Waals surface area contributed by atoms with Gasteiger partial charge in [0.15, 0.2) is 0 Å². The zero-order chi connectivity index (χ0) is 19.0. The number of rotatable bonds is 10. The van der Waals surface area contributed by atoms with Gasteiger partial charge in [0.05, 0.1) is 6.54 Å². The van der Waals surface area contributed by atoms with Crippen LogP contribution in [-0.2, 0) is 23.2 Å². The molecular formula is C20H35N3O2. The van der Waals surface area contributed by atoms with Gasteiger partial charge < -0.3 is 14.4 Å². The van der Waals surface area contributed by atoms with Crippen molar-refractivity contribution in [1.82, 2.24) is 14.4 Å². The highest BCUT2D eigenvalue weighted by Gasteiger charge is 2.26. The summed E-state index contributed by atoms with van der Waals surface area (Å²) in [6, 6.07) is 4.10. The van der Waals surface area contributed by atoms with Crippen molar-refractivity contribution < 1.29 is 9.59 Å². The van der Waals surface area contributed by atoms with Gasteiger partial charge in [-0.25, -0.2) is 0 Å². The van der Waals surface area contributed by atoms with Gasteiger partial charge in [0.2, 0.25) is 11.8 Å². The van der Waals surface area contributed by atoms with E-state index in [9.17, 15) is 9.59 Å². The lowest BCUT2D eigenvalue weighted by molar-refractivity contribution is -0.144. The van der Waals surface area contributed by atoms with Gasteiger partial charge in [-0.15, -0.1) is 0 Å². The van der Waals surface area contributed by atoms with Crippen LogP contribution in [0.25, 0.3) is 0 Å². The van der Waals surface area contributed by atoms with Crippen LogP contribution in [0.3, 0.4) is 0 Å². The Bertz CT molecular complexity index is 551. The molecule has 0 N–H and O–H groups in total. The Morgan fingerprint density at radius 1 is 1.20 bits per heavy atom. The van der Waals surface area contributed by atoms with E-state index in [1.54, 1.807) is 4.90 Å². The Kier molecular flexibility index (Phi) is 8.73. The Balaban J connectivity index is 2.90. The molecule has 0 aliphatic carbocycles. The summed E-state index contributed by atoms with van der Waals surface area (Å²) in [4.78, 5) is 29.1. The van der Waals surface area contributed by atoms with E-state index in [-0.39, 0.29) is 30.3 Å².